The fraction of sp³-hybridized carbons (Fsp3) is 0.238. The molecule has 28 heavy (non-hydrogen) atoms. The Labute approximate surface area is 193 Å². The predicted octanol–water partition coefficient (Wildman–Crippen LogP) is 2.77. The number of nitrogens with two attached hydrogens (primary N) is 1. The van der Waals surface area contributed by atoms with E-state index < -0.39 is 125 Å². The van der Waals surface area contributed by atoms with Crippen LogP contribution in [0.1, 0.15) is 44.9 Å². The first-order valence-corrected chi connectivity index (χ1v) is 8.39. The van der Waals surface area contributed by atoms with Gasteiger partial charge in [0, 0.05) is 25.8 Å². The van der Waals surface area contributed by atoms with Crippen LogP contribution in [0.4, 0.5) is 10.8 Å². The van der Waals surface area contributed by atoms with Crippen molar-refractivity contribution in [1.29, 1.82) is 0 Å². The van der Waals surface area contributed by atoms with Gasteiger partial charge in [-0.2, -0.15) is 0 Å². The van der Waals surface area contributed by atoms with E-state index in [2.05, 4.69) is 4.98 Å². The largest absolute Gasteiger partial charge is 0.387 e. The van der Waals surface area contributed by atoms with Crippen LogP contribution in [0, 0.1) is 0 Å². The van der Waals surface area contributed by atoms with Gasteiger partial charge in [0.25, 0.3) is 0 Å². The normalized spacial score (nSPS) is 22.5. The summed E-state index contributed by atoms with van der Waals surface area (Å²) >= 11 is 0.424. The predicted molar refractivity (Wildman–Crippen MR) is 113 cm³/mol. The number of anilines is 2. The molecule has 1 aromatic heterocycles. The second-order valence-corrected chi connectivity index (χ2v) is 5.72. The fourth-order valence-electron chi connectivity index (χ4n) is 1.75. The number of hydrogen-bond donors (Lipinski definition) is 4. The maximum absolute atomic E-state index is 12.9. The first kappa shape index (κ1) is 7.26. The summed E-state index contributed by atoms with van der Waals surface area (Å²) in [5.41, 5.74) is -3.10. The molecular formula is C21H24N4O2S. The van der Waals surface area contributed by atoms with Gasteiger partial charge in [-0.15, -0.1) is 11.3 Å². The molecule has 0 saturated heterocycles. The van der Waals surface area contributed by atoms with E-state index in [1.165, 1.54) is 0 Å². The average Bonchev–Trinajstić information content (AvgIpc) is 3.36. The number of nitrogens with one attached hydrogen (secondary N) is 2. The Morgan fingerprint density at radius 2 is 2.07 bits per heavy atom. The summed E-state index contributed by atoms with van der Waals surface area (Å²) in [5, 5.41) is 13.4. The maximum atomic E-state index is 12.9. The topological polar surface area (TPSA) is 100 Å². The van der Waals surface area contributed by atoms with E-state index >= 15 is 0 Å². The number of benzene rings is 2. The minimum atomic E-state index is -3.22. The molecular weight excluding hydrogens is 372 g/mol. The number of hydrogen-bond acceptors (Lipinski definition) is 6. The molecule has 0 unspecified atom stereocenters. The number of aromatic nitrogens is 1. The molecule has 5 N–H and O–H groups in total. The van der Waals surface area contributed by atoms with Crippen LogP contribution in [0.15, 0.2) is 59.7 Å². The molecule has 3 aromatic rings. The van der Waals surface area contributed by atoms with E-state index in [-0.39, 0.29) is 5.72 Å². The van der Waals surface area contributed by atoms with Crippen LogP contribution in [0.3, 0.4) is 0 Å². The zero-order chi connectivity index (χ0) is 35.4. The van der Waals surface area contributed by atoms with Gasteiger partial charge in [0.15, 0.2) is 7.96 Å². The monoisotopic (exact) mass is 414 g/mol. The van der Waals surface area contributed by atoms with Crippen LogP contribution in [0.25, 0.3) is 0 Å². The molecule has 0 saturated carbocycles. The van der Waals surface area contributed by atoms with Crippen molar-refractivity contribution in [3.63, 3.8) is 0 Å². The zero-order valence-electron chi connectivity index (χ0n) is 31.9. The number of carbonyl (C=O) groups is 1. The Balaban J connectivity index is 1.93. The quantitative estimate of drug-likeness (QED) is 0.409. The summed E-state index contributed by atoms with van der Waals surface area (Å²) in [6.45, 7) is -6.20. The first-order valence-electron chi connectivity index (χ1n) is 16.5. The van der Waals surface area contributed by atoms with Crippen molar-refractivity contribution in [2.75, 3.05) is 24.0 Å². The molecule has 0 aliphatic rings. The Kier molecular flexibility index (Phi) is 2.59. The summed E-state index contributed by atoms with van der Waals surface area (Å²) in [6, 6.07) is -8.15. The van der Waals surface area contributed by atoms with E-state index in [1.807, 2.05) is 5.32 Å². The van der Waals surface area contributed by atoms with Crippen LogP contribution in [-0.2, 0) is 17.6 Å². The van der Waals surface area contributed by atoms with Gasteiger partial charge in [0.2, 0.25) is 5.91 Å². The van der Waals surface area contributed by atoms with Crippen molar-refractivity contribution in [1.82, 2.24) is 10.3 Å². The van der Waals surface area contributed by atoms with Crippen molar-refractivity contribution in [3.05, 3.63) is 76.6 Å². The van der Waals surface area contributed by atoms with Crippen molar-refractivity contribution in [2.24, 2.45) is 0 Å². The number of thiazole rings is 1. The Morgan fingerprint density at radius 3 is 2.79 bits per heavy atom. The molecule has 1 atom stereocenters. The number of aliphatic hydroxyl groups is 1. The molecule has 0 radical (unpaired) electrons. The van der Waals surface area contributed by atoms with Gasteiger partial charge in [-0.25, -0.2) is 4.98 Å². The van der Waals surface area contributed by atoms with Gasteiger partial charge in [-0.05, 0) is 36.1 Å². The van der Waals surface area contributed by atoms with Gasteiger partial charge in [0.1, 0.15) is 0 Å². The molecule has 0 aliphatic heterocycles. The lowest BCUT2D eigenvalue weighted by molar-refractivity contribution is -0.115. The lowest BCUT2D eigenvalue weighted by Crippen LogP contribution is -2.23. The van der Waals surface area contributed by atoms with E-state index in [1.54, 1.807) is 5.32 Å². The molecule has 0 bridgehead atoms. The summed E-state index contributed by atoms with van der Waals surface area (Å²) in [7, 11) is 0. The Hall–Kier alpha value is -2.74. The smallest absolute Gasteiger partial charge is 0.230 e. The second-order valence-electron chi connectivity index (χ2n) is 4.94. The second kappa shape index (κ2) is 9.98. The van der Waals surface area contributed by atoms with Crippen molar-refractivity contribution in [3.8, 4) is 0 Å². The van der Waals surface area contributed by atoms with Gasteiger partial charge >= 0.3 is 0 Å². The zero-order valence-corrected chi connectivity index (χ0v) is 14.8. The number of rotatable bonds is 10. The molecule has 0 spiro atoms. The summed E-state index contributed by atoms with van der Waals surface area (Å²) < 4.78 is 144. The number of carbonyl (C=O) groups excluding carboxylic acids is 1. The third kappa shape index (κ3) is 6.16. The highest BCUT2D eigenvalue weighted by Gasteiger charge is 2.08. The van der Waals surface area contributed by atoms with E-state index in [4.69, 9.17) is 24.8 Å². The lowest BCUT2D eigenvalue weighted by Gasteiger charge is -2.12. The minimum absolute atomic E-state index is 0.00310. The minimum Gasteiger partial charge on any atom is -0.387 e. The molecule has 146 valence electrons. The van der Waals surface area contributed by atoms with E-state index in [0.29, 0.717) is 11.3 Å². The SMILES string of the molecule is [2H]c1sc(N([2H])[2H])nc1C([2H])([2H])C(=O)Nc1c([2H])c([2H])c(CC([2H])([2H])NC([2H])([2H])[C@@H](O)c2c([2H])c([2H])c([2H])c([2H])c2[2H])c([2H])c1[2H]. The lowest BCUT2D eigenvalue weighted by atomic mass is 10.1. The molecule has 3 rings (SSSR count). The van der Waals surface area contributed by atoms with E-state index in [9.17, 15) is 9.90 Å². The third-order valence-corrected chi connectivity index (χ3v) is 3.52. The summed E-state index contributed by atoms with van der Waals surface area (Å²) in [6.07, 6.45) is -6.69. The van der Waals surface area contributed by atoms with Crippen LogP contribution in [0.5, 0.6) is 0 Å². The Morgan fingerprint density at radius 1 is 1.29 bits per heavy atom. The van der Waals surface area contributed by atoms with Crippen molar-refractivity contribution < 1.29 is 34.7 Å². The number of aliphatic hydroxyl groups excluding tert-OH is 1. The number of amides is 1. The van der Waals surface area contributed by atoms with Gasteiger partial charge < -0.3 is 21.5 Å². The molecule has 1 amide bonds. The van der Waals surface area contributed by atoms with Gasteiger partial charge in [0.05, 0.1) is 31.9 Å². The van der Waals surface area contributed by atoms with Gasteiger partial charge in [-0.1, -0.05) is 42.3 Å². The van der Waals surface area contributed by atoms with Crippen LogP contribution in [0.2, 0.25) is 2.82 Å². The molecule has 0 fully saturated rings. The highest BCUT2D eigenvalue weighted by molar-refractivity contribution is 7.13. The number of nitrogen functional groups attached to an aromatic ring is 1. The molecule has 1 heterocycles. The van der Waals surface area contributed by atoms with E-state index in [0.717, 1.165) is 0 Å². The highest BCUT2D eigenvalue weighted by Crippen LogP contribution is 2.14. The average molecular weight is 415 g/mol. The molecule has 7 heteroatoms. The first-order chi connectivity index (χ1) is 20.9. The molecule has 6 nitrogen and oxygen atoms in total. The van der Waals surface area contributed by atoms with Crippen molar-refractivity contribution >= 4 is 28.1 Å². The molecule has 0 aliphatic carbocycles. The van der Waals surface area contributed by atoms with Gasteiger partial charge in [-0.3, -0.25) is 4.79 Å². The molecule has 2 aromatic carbocycles. The van der Waals surface area contributed by atoms with Crippen LogP contribution in [-0.4, -0.2) is 29.0 Å². The highest BCUT2D eigenvalue weighted by atomic mass is 32.1. The van der Waals surface area contributed by atoms with Crippen LogP contribution >= 0.6 is 11.3 Å². The summed E-state index contributed by atoms with van der Waals surface area (Å²) in [4.78, 5) is 16.4. The summed E-state index contributed by atoms with van der Waals surface area (Å²) in [5.74, 6) is -1.57. The van der Waals surface area contributed by atoms with Crippen molar-refractivity contribution in [2.45, 2.75) is 18.9 Å². The number of nitrogens with zero attached hydrogens (tertiary/aromatic N) is 1. The fourth-order valence-corrected chi connectivity index (χ4v) is 2.17. The van der Waals surface area contributed by atoms with Crippen LogP contribution < -0.4 is 16.4 Å². The third-order valence-electron chi connectivity index (χ3n) is 2.95. The maximum Gasteiger partial charge on any atom is 0.230 e. The Bertz CT molecular complexity index is 1640. The standard InChI is InChI=1S/C21H24N4O2S/c22-21-25-18(14-28-21)12-20(27)24-17-8-6-15(7-9-17)10-11-23-13-19(26)16-4-2-1-3-5-16/h1-9,14,19,23,26H,10-13H2,(H2,22,25)(H,24,27)/t19-/m1/s1/i1D,2D,3D,4D,5D,6D,7D,8D,9D,11D2,12D2,13D2,14D/hD2.